The van der Waals surface area contributed by atoms with E-state index in [4.69, 9.17) is 10.2 Å². The molecule has 4 atom stereocenters. The fraction of sp³-hybridized carbons (Fsp3) is 0.500. The number of hydrogen-bond donors (Lipinski definition) is 5. The molecule has 0 fully saturated rings. The number of amides is 2. The zero-order valence-corrected chi connectivity index (χ0v) is 23.6. The summed E-state index contributed by atoms with van der Waals surface area (Å²) in [5.74, 6) is -2.88. The van der Waals surface area contributed by atoms with Crippen molar-refractivity contribution in [2.75, 3.05) is 6.26 Å². The minimum Gasteiger partial charge on any atom is -0.481 e. The highest BCUT2D eigenvalue weighted by molar-refractivity contribution is 7.95. The van der Waals surface area contributed by atoms with Crippen molar-refractivity contribution in [3.8, 4) is 11.2 Å². The number of carbonyl (C=O) groups is 4. The van der Waals surface area contributed by atoms with Crippen molar-refractivity contribution in [2.45, 2.75) is 69.5 Å². The van der Waals surface area contributed by atoms with Crippen LogP contribution in [0, 0.1) is 24.0 Å². The number of carboxylic acids is 2. The summed E-state index contributed by atoms with van der Waals surface area (Å²) in [6.45, 7) is 5.06. The molecule has 1 aromatic rings. The van der Waals surface area contributed by atoms with E-state index in [9.17, 15) is 36.0 Å². The molecule has 1 rings (SSSR count). The number of nitrogens with one attached hydrogen (secondary N) is 3. The Hall–Kier alpha value is -3.48. The Morgan fingerprint density at radius 1 is 0.949 bits per heavy atom. The van der Waals surface area contributed by atoms with Crippen LogP contribution in [0.4, 0.5) is 0 Å². The minimum absolute atomic E-state index is 0.154. The maximum atomic E-state index is 13.2. The maximum absolute atomic E-state index is 13.2. The molecule has 13 nitrogen and oxygen atoms in total. The van der Waals surface area contributed by atoms with Crippen LogP contribution in [0.5, 0.6) is 0 Å². The third kappa shape index (κ3) is 12.3. The highest BCUT2D eigenvalue weighted by atomic mass is 32.2. The summed E-state index contributed by atoms with van der Waals surface area (Å²) in [6, 6.07) is 1.45. The minimum atomic E-state index is -4.25. The van der Waals surface area contributed by atoms with Gasteiger partial charge in [0.1, 0.15) is 18.1 Å². The molecule has 15 heteroatoms. The van der Waals surface area contributed by atoms with E-state index >= 15 is 0 Å². The predicted molar refractivity (Wildman–Crippen MR) is 140 cm³/mol. The van der Waals surface area contributed by atoms with E-state index in [1.54, 1.807) is 32.9 Å². The third-order valence-corrected chi connectivity index (χ3v) is 7.48. The van der Waals surface area contributed by atoms with E-state index in [1.165, 1.54) is 12.1 Å². The fourth-order valence-electron chi connectivity index (χ4n) is 3.19. The van der Waals surface area contributed by atoms with Gasteiger partial charge in [0.05, 0.1) is 17.6 Å². The summed E-state index contributed by atoms with van der Waals surface area (Å²) < 4.78 is 50.7. The van der Waals surface area contributed by atoms with E-state index in [2.05, 4.69) is 21.3 Å². The Kier molecular flexibility index (Phi) is 12.6. The largest absolute Gasteiger partial charge is 0.481 e. The highest BCUT2D eigenvalue weighted by Crippen LogP contribution is 2.14. The van der Waals surface area contributed by atoms with E-state index in [-0.39, 0.29) is 4.90 Å². The Morgan fingerprint density at radius 2 is 1.54 bits per heavy atom. The molecule has 0 aliphatic rings. The van der Waals surface area contributed by atoms with Crippen molar-refractivity contribution in [3.63, 3.8) is 0 Å². The number of benzene rings is 1. The first kappa shape index (κ1) is 33.5. The molecule has 0 aliphatic heterocycles. The highest BCUT2D eigenvalue weighted by Gasteiger charge is 2.32. The second-order valence-electron chi connectivity index (χ2n) is 8.97. The zero-order chi connectivity index (χ0) is 30.0. The summed E-state index contributed by atoms with van der Waals surface area (Å²) in [5, 5.41) is 24.8. The van der Waals surface area contributed by atoms with Gasteiger partial charge in [0, 0.05) is 11.7 Å². The number of carboxylic acid groups (broad SMARTS) is 2. The fourth-order valence-corrected chi connectivity index (χ4v) is 4.78. The van der Waals surface area contributed by atoms with Gasteiger partial charge < -0.3 is 20.8 Å². The molecular formula is C24H33N3O10S2. The van der Waals surface area contributed by atoms with Crippen molar-refractivity contribution in [3.05, 3.63) is 29.8 Å². The van der Waals surface area contributed by atoms with Gasteiger partial charge in [-0.25, -0.2) is 16.8 Å². The van der Waals surface area contributed by atoms with Gasteiger partial charge >= 0.3 is 11.9 Å². The third-order valence-electron chi connectivity index (χ3n) is 5.50. The molecule has 0 spiro atoms. The van der Waals surface area contributed by atoms with Crippen LogP contribution in [0.3, 0.4) is 0 Å². The summed E-state index contributed by atoms with van der Waals surface area (Å²) in [5.41, 5.74) is 0.791. The van der Waals surface area contributed by atoms with Crippen LogP contribution in [0.1, 0.15) is 45.1 Å². The smallest absolute Gasteiger partial charge is 0.306 e. The van der Waals surface area contributed by atoms with Crippen LogP contribution in [0.25, 0.3) is 0 Å². The molecule has 0 radical (unpaired) electrons. The van der Waals surface area contributed by atoms with Crippen LogP contribution in [-0.4, -0.2) is 75.2 Å². The standard InChI is InChI=1S/C24H33N3O10S2/c1-5-16(3)22(24(33)25-17(14-21(30)31)12-13-38(4,34)35)26-23(32)19(10-11-20(28)29)27-39(36,37)18-8-6-15(2)7-9-18/h6-9,16-17,19,22,27H,5,10-11,14H2,1-4H3,(H,25,33)(H,26,32)(H,28,29)(H,30,31)/t16?,17-,19+,22+/m1/s1. The van der Waals surface area contributed by atoms with Crippen LogP contribution >= 0.6 is 0 Å². The molecule has 216 valence electrons. The molecule has 0 saturated carbocycles. The number of rotatable bonds is 14. The second-order valence-corrected chi connectivity index (χ2v) is 12.4. The topological polar surface area (TPSA) is 213 Å². The molecule has 0 aromatic heterocycles. The van der Waals surface area contributed by atoms with Crippen molar-refractivity contribution in [1.29, 1.82) is 0 Å². The normalized spacial score (nSPS) is 14.6. The van der Waals surface area contributed by atoms with Crippen molar-refractivity contribution in [2.24, 2.45) is 5.92 Å². The van der Waals surface area contributed by atoms with E-state index in [1.807, 2.05) is 5.25 Å². The van der Waals surface area contributed by atoms with Gasteiger partial charge in [0.2, 0.25) is 31.7 Å². The summed E-state index contributed by atoms with van der Waals surface area (Å²) >= 11 is 0. The van der Waals surface area contributed by atoms with E-state index in [0.717, 1.165) is 11.8 Å². The molecular weight excluding hydrogens is 554 g/mol. The van der Waals surface area contributed by atoms with Gasteiger partial charge in [-0.05, 0) is 31.4 Å². The predicted octanol–water partition coefficient (Wildman–Crippen LogP) is 0.00262. The number of sulfone groups is 1. The van der Waals surface area contributed by atoms with Crippen LogP contribution in [-0.2, 0) is 39.0 Å². The summed E-state index contributed by atoms with van der Waals surface area (Å²) in [7, 11) is -8.06. The van der Waals surface area contributed by atoms with Gasteiger partial charge in [-0.1, -0.05) is 43.9 Å². The van der Waals surface area contributed by atoms with Gasteiger partial charge in [-0.2, -0.15) is 4.72 Å². The Balaban J connectivity index is 3.25. The summed E-state index contributed by atoms with van der Waals surface area (Å²) in [4.78, 5) is 48.4. The number of sulfonamides is 1. The molecule has 5 N–H and O–H groups in total. The molecule has 39 heavy (non-hydrogen) atoms. The molecule has 2 amide bonds. The average Bonchev–Trinajstić information content (AvgIpc) is 2.82. The molecule has 0 bridgehead atoms. The first-order valence-corrected chi connectivity index (χ1v) is 15.2. The number of aliphatic carboxylic acids is 2. The Labute approximate surface area is 227 Å². The van der Waals surface area contributed by atoms with E-state index in [0.29, 0.717) is 6.42 Å². The zero-order valence-electron chi connectivity index (χ0n) is 21.9. The van der Waals surface area contributed by atoms with E-state index < -0.39 is 86.9 Å². The van der Waals surface area contributed by atoms with Crippen LogP contribution in [0.2, 0.25) is 0 Å². The van der Waals surface area contributed by atoms with Gasteiger partial charge in [0.15, 0.2) is 0 Å². The Bertz CT molecular complexity index is 1330. The van der Waals surface area contributed by atoms with Crippen LogP contribution < -0.4 is 15.4 Å². The molecule has 0 heterocycles. The summed E-state index contributed by atoms with van der Waals surface area (Å²) in [6.07, 6.45) is -0.561. The molecule has 1 unspecified atom stereocenters. The number of aryl methyl sites for hydroxylation is 1. The maximum Gasteiger partial charge on any atom is 0.306 e. The van der Waals surface area contributed by atoms with Gasteiger partial charge in [-0.3, -0.25) is 19.2 Å². The SMILES string of the molecule is CCC(C)[C@H](NC(=O)[C@H](CCC(=O)O)NS(=O)(=O)c1ccc(C)cc1)C(=O)N[C@H](C#CS(C)(=O)=O)CC(=O)O. The lowest BCUT2D eigenvalue weighted by Gasteiger charge is -2.27. The number of carbonyl (C=O) groups excluding carboxylic acids is 2. The van der Waals surface area contributed by atoms with Crippen LogP contribution in [0.15, 0.2) is 29.2 Å². The monoisotopic (exact) mass is 587 g/mol. The lowest BCUT2D eigenvalue weighted by Crippen LogP contribution is -2.57. The first-order valence-electron chi connectivity index (χ1n) is 11.8. The molecule has 0 aliphatic carbocycles. The van der Waals surface area contributed by atoms with Crippen molar-refractivity contribution >= 4 is 43.6 Å². The lowest BCUT2D eigenvalue weighted by molar-refractivity contribution is -0.139. The molecule has 1 aromatic carbocycles. The second kappa shape index (κ2) is 14.6. The van der Waals surface area contributed by atoms with Gasteiger partial charge in [0.25, 0.3) is 0 Å². The van der Waals surface area contributed by atoms with Gasteiger partial charge in [-0.15, -0.1) is 0 Å². The number of hydrogen-bond acceptors (Lipinski definition) is 8. The lowest BCUT2D eigenvalue weighted by atomic mass is 9.97. The molecule has 0 saturated heterocycles. The quantitative estimate of drug-likeness (QED) is 0.145. The van der Waals surface area contributed by atoms with Crippen molar-refractivity contribution < 1.29 is 46.2 Å². The van der Waals surface area contributed by atoms with Crippen molar-refractivity contribution in [1.82, 2.24) is 15.4 Å². The Morgan fingerprint density at radius 3 is 2.03 bits per heavy atom. The average molecular weight is 588 g/mol. The first-order chi connectivity index (χ1) is 17.9.